The zero-order valence-corrected chi connectivity index (χ0v) is 13.7. The van der Waals surface area contributed by atoms with Crippen LogP contribution in [-0.4, -0.2) is 16.4 Å². The first-order valence-corrected chi connectivity index (χ1v) is 8.38. The largest absolute Gasteiger partial charge is 0.366 e. The van der Waals surface area contributed by atoms with Gasteiger partial charge in [-0.1, -0.05) is 42.5 Å². The number of rotatable bonds is 4. The molecule has 0 fully saturated rings. The minimum absolute atomic E-state index is 0.0566. The van der Waals surface area contributed by atoms with E-state index in [2.05, 4.69) is 17.4 Å². The molecule has 5 nitrogen and oxygen atoms in total. The first kappa shape index (κ1) is 15.4. The van der Waals surface area contributed by atoms with Crippen LogP contribution in [0.1, 0.15) is 33.9 Å². The second-order valence-electron chi connectivity index (χ2n) is 6.41. The highest BCUT2D eigenvalue weighted by atomic mass is 16.2. The zero-order chi connectivity index (χ0) is 17.4. The number of aromatic nitrogens is 1. The fourth-order valence-corrected chi connectivity index (χ4v) is 3.68. The third kappa shape index (κ3) is 2.78. The van der Waals surface area contributed by atoms with Crippen molar-refractivity contribution in [3.05, 3.63) is 71.4 Å². The van der Waals surface area contributed by atoms with Gasteiger partial charge in [0.1, 0.15) is 6.54 Å². The van der Waals surface area contributed by atoms with Crippen molar-refractivity contribution in [3.63, 3.8) is 0 Å². The SMILES string of the molecule is NC(=O)c1cn(CC(=O)N[C@@H]2CCc3ccccc32)c2ccccc12. The summed E-state index contributed by atoms with van der Waals surface area (Å²) in [6.07, 6.45) is 3.57. The zero-order valence-electron chi connectivity index (χ0n) is 13.7. The van der Waals surface area contributed by atoms with E-state index in [0.29, 0.717) is 5.56 Å². The van der Waals surface area contributed by atoms with Gasteiger partial charge in [-0.2, -0.15) is 0 Å². The van der Waals surface area contributed by atoms with Gasteiger partial charge in [0, 0.05) is 17.1 Å². The van der Waals surface area contributed by atoms with Gasteiger partial charge >= 0.3 is 0 Å². The summed E-state index contributed by atoms with van der Waals surface area (Å²) in [5.74, 6) is -0.557. The van der Waals surface area contributed by atoms with Gasteiger partial charge < -0.3 is 15.6 Å². The summed E-state index contributed by atoms with van der Waals surface area (Å²) >= 11 is 0. The van der Waals surface area contributed by atoms with Crippen LogP contribution < -0.4 is 11.1 Å². The normalized spacial score (nSPS) is 15.9. The molecule has 5 heteroatoms. The van der Waals surface area contributed by atoms with E-state index in [1.807, 2.05) is 36.4 Å². The van der Waals surface area contributed by atoms with Crippen LogP contribution in [-0.2, 0) is 17.8 Å². The van der Waals surface area contributed by atoms with Gasteiger partial charge in [0.25, 0.3) is 5.91 Å². The number of hydrogen-bond acceptors (Lipinski definition) is 2. The number of hydrogen-bond donors (Lipinski definition) is 2. The molecule has 2 aromatic carbocycles. The van der Waals surface area contributed by atoms with Gasteiger partial charge in [0.15, 0.2) is 0 Å². The molecule has 0 radical (unpaired) electrons. The maximum atomic E-state index is 12.6. The average Bonchev–Trinajstić information content (AvgIpc) is 3.18. The van der Waals surface area contributed by atoms with Gasteiger partial charge in [-0.25, -0.2) is 0 Å². The van der Waals surface area contributed by atoms with E-state index < -0.39 is 5.91 Å². The third-order valence-corrected chi connectivity index (χ3v) is 4.84. The molecule has 1 aliphatic rings. The summed E-state index contributed by atoms with van der Waals surface area (Å²) in [5, 5.41) is 3.88. The van der Waals surface area contributed by atoms with Crippen LogP contribution in [0.3, 0.4) is 0 Å². The second kappa shape index (κ2) is 6.09. The quantitative estimate of drug-likeness (QED) is 0.770. The number of primary amides is 1. The van der Waals surface area contributed by atoms with Crippen molar-refractivity contribution < 1.29 is 9.59 Å². The van der Waals surface area contributed by atoms with E-state index in [9.17, 15) is 9.59 Å². The Bertz CT molecular complexity index is 974. The third-order valence-electron chi connectivity index (χ3n) is 4.84. The smallest absolute Gasteiger partial charge is 0.250 e. The van der Waals surface area contributed by atoms with Crippen LogP contribution in [0.5, 0.6) is 0 Å². The number of nitrogens with two attached hydrogens (primary N) is 1. The van der Waals surface area contributed by atoms with E-state index in [0.717, 1.165) is 23.7 Å². The van der Waals surface area contributed by atoms with Gasteiger partial charge in [-0.15, -0.1) is 0 Å². The number of benzene rings is 2. The molecule has 1 atom stereocenters. The minimum Gasteiger partial charge on any atom is -0.366 e. The topological polar surface area (TPSA) is 77.1 Å². The number of para-hydroxylation sites is 1. The predicted molar refractivity (Wildman–Crippen MR) is 96.1 cm³/mol. The molecule has 1 heterocycles. The molecule has 0 bridgehead atoms. The summed E-state index contributed by atoms with van der Waals surface area (Å²) in [5.41, 5.74) is 9.23. The molecule has 0 saturated heterocycles. The highest BCUT2D eigenvalue weighted by Gasteiger charge is 2.23. The van der Waals surface area contributed by atoms with E-state index in [-0.39, 0.29) is 18.5 Å². The lowest BCUT2D eigenvalue weighted by Gasteiger charge is -2.15. The molecular weight excluding hydrogens is 314 g/mol. The van der Waals surface area contributed by atoms with Crippen molar-refractivity contribution in [1.29, 1.82) is 0 Å². The molecular formula is C20H19N3O2. The molecule has 0 aliphatic heterocycles. The molecule has 0 spiro atoms. The summed E-state index contributed by atoms with van der Waals surface area (Å²) in [6.45, 7) is 0.159. The molecule has 0 unspecified atom stereocenters. The van der Waals surface area contributed by atoms with E-state index >= 15 is 0 Å². The van der Waals surface area contributed by atoms with Gasteiger partial charge in [-0.05, 0) is 30.0 Å². The molecule has 0 saturated carbocycles. The first-order chi connectivity index (χ1) is 12.1. The highest BCUT2D eigenvalue weighted by molar-refractivity contribution is 6.06. The predicted octanol–water partition coefficient (Wildman–Crippen LogP) is 2.54. The van der Waals surface area contributed by atoms with Crippen LogP contribution in [0.25, 0.3) is 10.9 Å². The minimum atomic E-state index is -0.486. The maximum Gasteiger partial charge on any atom is 0.250 e. The Morgan fingerprint density at radius 3 is 2.72 bits per heavy atom. The van der Waals surface area contributed by atoms with Crippen molar-refractivity contribution >= 4 is 22.7 Å². The summed E-state index contributed by atoms with van der Waals surface area (Å²) in [4.78, 5) is 24.2. The monoisotopic (exact) mass is 333 g/mol. The standard InChI is InChI=1S/C20H19N3O2/c21-20(25)16-11-23(18-8-4-3-7-15(16)18)12-19(24)22-17-10-9-13-5-1-2-6-14(13)17/h1-8,11,17H,9-10,12H2,(H2,21,25)(H,22,24)/t17-/m1/s1. The van der Waals surface area contributed by atoms with Crippen LogP contribution in [0, 0.1) is 0 Å². The Morgan fingerprint density at radius 1 is 1.12 bits per heavy atom. The molecule has 2 amide bonds. The number of fused-ring (bicyclic) bond motifs is 2. The Morgan fingerprint density at radius 2 is 1.88 bits per heavy atom. The van der Waals surface area contributed by atoms with Crippen molar-refractivity contribution in [2.45, 2.75) is 25.4 Å². The summed E-state index contributed by atoms with van der Waals surface area (Å²) in [6, 6.07) is 15.7. The lowest BCUT2D eigenvalue weighted by Crippen LogP contribution is -2.30. The number of aryl methyl sites for hydroxylation is 1. The van der Waals surface area contributed by atoms with Crippen molar-refractivity contribution in [2.24, 2.45) is 5.73 Å². The average molecular weight is 333 g/mol. The lowest BCUT2D eigenvalue weighted by molar-refractivity contribution is -0.122. The molecule has 3 aromatic rings. The fourth-order valence-electron chi connectivity index (χ4n) is 3.68. The summed E-state index contributed by atoms with van der Waals surface area (Å²) < 4.78 is 1.78. The number of nitrogens with zero attached hydrogens (tertiary/aromatic N) is 1. The van der Waals surface area contributed by atoms with Crippen LogP contribution in [0.2, 0.25) is 0 Å². The molecule has 3 N–H and O–H groups in total. The van der Waals surface area contributed by atoms with Crippen molar-refractivity contribution in [2.75, 3.05) is 0 Å². The molecule has 4 rings (SSSR count). The number of carbonyl (C=O) groups is 2. The van der Waals surface area contributed by atoms with Gasteiger partial charge in [-0.3, -0.25) is 9.59 Å². The van der Waals surface area contributed by atoms with Crippen molar-refractivity contribution in [3.8, 4) is 0 Å². The number of amides is 2. The second-order valence-corrected chi connectivity index (χ2v) is 6.41. The molecule has 1 aromatic heterocycles. The number of nitrogens with one attached hydrogen (secondary N) is 1. The molecule has 1 aliphatic carbocycles. The first-order valence-electron chi connectivity index (χ1n) is 8.38. The van der Waals surface area contributed by atoms with E-state index in [4.69, 9.17) is 5.73 Å². The molecule has 25 heavy (non-hydrogen) atoms. The number of carbonyl (C=O) groups excluding carboxylic acids is 2. The van der Waals surface area contributed by atoms with Gasteiger partial charge in [0.05, 0.1) is 11.6 Å². The van der Waals surface area contributed by atoms with Crippen LogP contribution >= 0.6 is 0 Å². The molecule has 126 valence electrons. The van der Waals surface area contributed by atoms with Crippen LogP contribution in [0.4, 0.5) is 0 Å². The van der Waals surface area contributed by atoms with Crippen molar-refractivity contribution in [1.82, 2.24) is 9.88 Å². The Labute approximate surface area is 145 Å². The Hall–Kier alpha value is -3.08. The highest BCUT2D eigenvalue weighted by Crippen LogP contribution is 2.30. The lowest BCUT2D eigenvalue weighted by atomic mass is 10.1. The van der Waals surface area contributed by atoms with Gasteiger partial charge in [0.2, 0.25) is 5.91 Å². The fraction of sp³-hybridized carbons (Fsp3) is 0.200. The van der Waals surface area contributed by atoms with E-state index in [1.54, 1.807) is 10.8 Å². The Balaban J connectivity index is 1.56. The Kier molecular flexibility index (Phi) is 3.76. The van der Waals surface area contributed by atoms with Crippen LogP contribution in [0.15, 0.2) is 54.7 Å². The maximum absolute atomic E-state index is 12.6. The van der Waals surface area contributed by atoms with E-state index in [1.165, 1.54) is 11.1 Å². The summed E-state index contributed by atoms with van der Waals surface area (Å²) in [7, 11) is 0.